The number of anilines is 1. The van der Waals surface area contributed by atoms with Gasteiger partial charge in [-0.05, 0) is 49.7 Å². The molecule has 0 amide bonds. The van der Waals surface area contributed by atoms with Crippen molar-refractivity contribution in [1.82, 2.24) is 9.78 Å². The monoisotopic (exact) mass is 505 g/mol. The Bertz CT molecular complexity index is 1360. The zero-order chi connectivity index (χ0) is 25.5. The molecule has 0 bridgehead atoms. The van der Waals surface area contributed by atoms with Gasteiger partial charge in [-0.1, -0.05) is 12.1 Å². The molecule has 0 radical (unpaired) electrons. The lowest BCUT2D eigenvalue weighted by Gasteiger charge is -2.16. The second-order valence-corrected chi connectivity index (χ2v) is 9.25. The summed E-state index contributed by atoms with van der Waals surface area (Å²) in [5, 5.41) is 3.92. The van der Waals surface area contributed by atoms with Crippen molar-refractivity contribution in [2.75, 3.05) is 10.5 Å². The minimum atomic E-state index is -5.08. The van der Waals surface area contributed by atoms with E-state index in [0.717, 1.165) is 6.07 Å². The Hall–Kier alpha value is -3.35. The number of aromatic nitrogens is 2. The summed E-state index contributed by atoms with van der Waals surface area (Å²) < 4.78 is 105. The number of nitrogens with one attached hydrogen (secondary N) is 1. The first-order valence-corrected chi connectivity index (χ1v) is 11.3. The summed E-state index contributed by atoms with van der Waals surface area (Å²) in [7, 11) is -3.58. The van der Waals surface area contributed by atoms with Crippen LogP contribution in [0.2, 0.25) is 0 Å². The Morgan fingerprint density at radius 2 is 1.53 bits per heavy atom. The summed E-state index contributed by atoms with van der Waals surface area (Å²) in [5.41, 5.74) is -3.93. The number of hydrogen-bond acceptors (Lipinski definition) is 4. The van der Waals surface area contributed by atoms with Gasteiger partial charge in [-0.2, -0.15) is 36.1 Å². The zero-order valence-corrected chi connectivity index (χ0v) is 18.4. The third-order valence-corrected chi connectivity index (χ3v) is 6.07. The van der Waals surface area contributed by atoms with Crippen LogP contribution in [0.15, 0.2) is 53.3 Å². The SMILES string of the molecule is CCS(=O)(=O)Nc1cccc(-c2cc(=O)n(-c3cc(C(F)(F)F)cc(C(F)(F)F)c3)nc2C)c1. The van der Waals surface area contributed by atoms with Gasteiger partial charge in [0.15, 0.2) is 0 Å². The molecule has 0 saturated carbocycles. The molecular weight excluding hydrogens is 488 g/mol. The molecule has 0 saturated heterocycles. The van der Waals surface area contributed by atoms with Gasteiger partial charge >= 0.3 is 12.4 Å². The fourth-order valence-electron chi connectivity index (χ4n) is 3.08. The highest BCUT2D eigenvalue weighted by Gasteiger charge is 2.37. The minimum absolute atomic E-state index is 0.0430. The molecule has 1 N–H and O–H groups in total. The van der Waals surface area contributed by atoms with E-state index in [9.17, 15) is 39.6 Å². The summed E-state index contributed by atoms with van der Waals surface area (Å²) >= 11 is 0. The molecule has 3 aromatic rings. The van der Waals surface area contributed by atoms with E-state index in [1.165, 1.54) is 32.0 Å². The van der Waals surface area contributed by atoms with Gasteiger partial charge in [0, 0.05) is 17.3 Å². The molecule has 1 heterocycles. The van der Waals surface area contributed by atoms with Crippen molar-refractivity contribution in [3.63, 3.8) is 0 Å². The molecule has 0 atom stereocenters. The number of halogens is 6. The average Bonchev–Trinajstić information content (AvgIpc) is 2.73. The quantitative estimate of drug-likeness (QED) is 0.495. The van der Waals surface area contributed by atoms with E-state index in [2.05, 4.69) is 9.82 Å². The van der Waals surface area contributed by atoms with E-state index in [1.54, 1.807) is 6.07 Å². The van der Waals surface area contributed by atoms with Crippen LogP contribution >= 0.6 is 0 Å². The first kappa shape index (κ1) is 25.3. The minimum Gasteiger partial charge on any atom is -0.284 e. The van der Waals surface area contributed by atoms with Crippen molar-refractivity contribution in [1.29, 1.82) is 0 Å². The molecule has 6 nitrogen and oxygen atoms in total. The van der Waals surface area contributed by atoms with Crippen LogP contribution in [0.5, 0.6) is 0 Å². The number of benzene rings is 2. The Labute approximate surface area is 189 Å². The fourth-order valence-corrected chi connectivity index (χ4v) is 3.71. The predicted octanol–water partition coefficient (Wildman–Crippen LogP) is 5.01. The third kappa shape index (κ3) is 5.58. The average molecular weight is 505 g/mol. The molecule has 0 aliphatic heterocycles. The maximum Gasteiger partial charge on any atom is 0.416 e. The van der Waals surface area contributed by atoms with Gasteiger partial charge in [-0.25, -0.2) is 8.42 Å². The van der Waals surface area contributed by atoms with E-state index in [4.69, 9.17) is 0 Å². The van der Waals surface area contributed by atoms with Crippen LogP contribution in [0, 0.1) is 6.92 Å². The van der Waals surface area contributed by atoms with Crippen LogP contribution in [0.25, 0.3) is 16.8 Å². The van der Waals surface area contributed by atoms with Gasteiger partial charge in [-0.3, -0.25) is 9.52 Å². The van der Waals surface area contributed by atoms with Crippen LogP contribution in [-0.4, -0.2) is 24.0 Å². The molecular formula is C21H17F6N3O3S. The molecule has 182 valence electrons. The molecule has 0 spiro atoms. The first-order valence-electron chi connectivity index (χ1n) is 9.62. The molecule has 34 heavy (non-hydrogen) atoms. The van der Waals surface area contributed by atoms with E-state index in [1.807, 2.05) is 0 Å². The maximum absolute atomic E-state index is 13.2. The lowest BCUT2D eigenvalue weighted by atomic mass is 10.0. The van der Waals surface area contributed by atoms with E-state index in [0.29, 0.717) is 22.4 Å². The van der Waals surface area contributed by atoms with Gasteiger partial charge in [-0.15, -0.1) is 0 Å². The number of hydrogen-bond donors (Lipinski definition) is 1. The van der Waals surface area contributed by atoms with E-state index < -0.39 is 44.7 Å². The van der Waals surface area contributed by atoms with Gasteiger partial charge in [0.1, 0.15) is 0 Å². The summed E-state index contributed by atoms with van der Waals surface area (Å²) in [6.07, 6.45) is -10.2. The Balaban J connectivity index is 2.13. The normalized spacial score (nSPS) is 12.6. The molecule has 0 aliphatic rings. The Kier molecular flexibility index (Phi) is 6.53. The highest BCUT2D eigenvalue weighted by Crippen LogP contribution is 2.37. The van der Waals surface area contributed by atoms with Crippen molar-refractivity contribution >= 4 is 15.7 Å². The smallest absolute Gasteiger partial charge is 0.284 e. The van der Waals surface area contributed by atoms with E-state index >= 15 is 0 Å². The standard InChI is InChI=1S/C21H17F6N3O3S/c1-3-34(32,33)29-16-6-4-5-13(7-16)18-11-19(31)30(28-12(18)2)17-9-14(20(22,23)24)8-15(10-17)21(25,26)27/h4-11,29H,3H2,1-2H3. The number of alkyl halides is 6. The van der Waals surface area contributed by atoms with Crippen LogP contribution in [-0.2, 0) is 22.4 Å². The van der Waals surface area contributed by atoms with Crippen LogP contribution in [0.4, 0.5) is 32.0 Å². The largest absolute Gasteiger partial charge is 0.416 e. The summed E-state index contributed by atoms with van der Waals surface area (Å²) in [6, 6.07) is 7.72. The summed E-state index contributed by atoms with van der Waals surface area (Å²) in [4.78, 5) is 12.7. The number of sulfonamides is 1. The molecule has 13 heteroatoms. The van der Waals surface area contributed by atoms with Gasteiger partial charge < -0.3 is 0 Å². The van der Waals surface area contributed by atoms with Crippen LogP contribution in [0.1, 0.15) is 23.7 Å². The van der Waals surface area contributed by atoms with Gasteiger partial charge in [0.25, 0.3) is 5.56 Å². The number of rotatable bonds is 5. The number of nitrogens with zero attached hydrogens (tertiary/aromatic N) is 2. The molecule has 0 fully saturated rings. The zero-order valence-electron chi connectivity index (χ0n) is 17.6. The molecule has 0 aliphatic carbocycles. The van der Waals surface area contributed by atoms with Gasteiger partial charge in [0.05, 0.1) is 28.3 Å². The molecule has 0 unspecified atom stereocenters. The first-order chi connectivity index (χ1) is 15.6. The lowest BCUT2D eigenvalue weighted by molar-refractivity contribution is -0.143. The fraction of sp³-hybridized carbons (Fsp3) is 0.238. The van der Waals surface area contributed by atoms with Crippen molar-refractivity contribution in [2.24, 2.45) is 0 Å². The predicted molar refractivity (Wildman–Crippen MR) is 113 cm³/mol. The van der Waals surface area contributed by atoms with Gasteiger partial charge in [0.2, 0.25) is 10.0 Å². The van der Waals surface area contributed by atoms with Crippen molar-refractivity contribution in [2.45, 2.75) is 26.2 Å². The van der Waals surface area contributed by atoms with E-state index in [-0.39, 0.29) is 28.8 Å². The summed E-state index contributed by atoms with van der Waals surface area (Å²) in [5.74, 6) is -0.176. The highest BCUT2D eigenvalue weighted by molar-refractivity contribution is 7.92. The second kappa shape index (κ2) is 8.78. The second-order valence-electron chi connectivity index (χ2n) is 7.24. The molecule has 3 rings (SSSR count). The topological polar surface area (TPSA) is 81.1 Å². The number of aryl methyl sites for hydroxylation is 1. The Morgan fingerprint density at radius 3 is 2.06 bits per heavy atom. The molecule has 2 aromatic carbocycles. The van der Waals surface area contributed by atoms with Crippen molar-refractivity contribution in [3.05, 3.63) is 75.7 Å². The highest BCUT2D eigenvalue weighted by atomic mass is 32.2. The Morgan fingerprint density at radius 1 is 0.941 bits per heavy atom. The van der Waals surface area contributed by atoms with Crippen LogP contribution < -0.4 is 10.3 Å². The lowest BCUT2D eigenvalue weighted by Crippen LogP contribution is -2.23. The summed E-state index contributed by atoms with van der Waals surface area (Å²) in [6.45, 7) is 2.85. The van der Waals surface area contributed by atoms with Crippen LogP contribution in [0.3, 0.4) is 0 Å². The third-order valence-electron chi connectivity index (χ3n) is 4.76. The van der Waals surface area contributed by atoms with Crippen molar-refractivity contribution < 1.29 is 34.8 Å². The molecule has 1 aromatic heterocycles. The van der Waals surface area contributed by atoms with Crippen molar-refractivity contribution in [3.8, 4) is 16.8 Å². The maximum atomic E-state index is 13.2.